The van der Waals surface area contributed by atoms with Gasteiger partial charge in [-0.05, 0) is 24.6 Å². The van der Waals surface area contributed by atoms with Crippen LogP contribution >= 0.6 is 0 Å². The number of phenolic OH excluding ortho intramolecular Hbond substituents is 2. The summed E-state index contributed by atoms with van der Waals surface area (Å²) in [6, 6.07) is 4.34. The van der Waals surface area contributed by atoms with Gasteiger partial charge < -0.3 is 29.5 Å². The van der Waals surface area contributed by atoms with E-state index in [2.05, 4.69) is 0 Å². The molecule has 2 rings (SSSR count). The van der Waals surface area contributed by atoms with Crippen molar-refractivity contribution in [3.05, 3.63) is 47.2 Å². The Kier molecular flexibility index (Phi) is 6.84. The van der Waals surface area contributed by atoms with Gasteiger partial charge in [0, 0.05) is 17.9 Å². The molecule has 8 heteroatoms. The molecule has 0 radical (unpaired) electrons. The Morgan fingerprint density at radius 2 is 2.00 bits per heavy atom. The number of esters is 2. The number of carbonyl (C=O) groups excluding carboxylic acids is 2. The van der Waals surface area contributed by atoms with Gasteiger partial charge in [0.25, 0.3) is 0 Å². The molecular formula is C19H22O8. The molecule has 2 atom stereocenters. The molecule has 0 bridgehead atoms. The molecule has 27 heavy (non-hydrogen) atoms. The van der Waals surface area contributed by atoms with Gasteiger partial charge in [-0.2, -0.15) is 0 Å². The van der Waals surface area contributed by atoms with Crippen molar-refractivity contribution in [2.24, 2.45) is 5.92 Å². The lowest BCUT2D eigenvalue weighted by Crippen LogP contribution is -2.31. The Morgan fingerprint density at radius 3 is 2.63 bits per heavy atom. The van der Waals surface area contributed by atoms with Crippen molar-refractivity contribution in [2.45, 2.75) is 26.1 Å². The topological polar surface area (TPSA) is 123 Å². The number of hydrogen-bond acceptors (Lipinski definition) is 8. The van der Waals surface area contributed by atoms with Gasteiger partial charge in [-0.25, -0.2) is 4.79 Å². The minimum atomic E-state index is -1.25. The highest BCUT2D eigenvalue weighted by Gasteiger charge is 2.35. The first-order chi connectivity index (χ1) is 12.9. The van der Waals surface area contributed by atoms with Crippen LogP contribution in [0, 0.1) is 5.92 Å². The van der Waals surface area contributed by atoms with Crippen LogP contribution in [0.1, 0.15) is 18.9 Å². The van der Waals surface area contributed by atoms with E-state index < -0.39 is 24.1 Å². The molecule has 1 aliphatic rings. The molecule has 0 amide bonds. The largest absolute Gasteiger partial charge is 0.504 e. The second-order valence-electron chi connectivity index (χ2n) is 5.89. The molecule has 1 aliphatic heterocycles. The van der Waals surface area contributed by atoms with Gasteiger partial charge in [0.15, 0.2) is 11.5 Å². The first-order valence-corrected chi connectivity index (χ1v) is 8.31. The van der Waals surface area contributed by atoms with Crippen LogP contribution in [0.5, 0.6) is 11.5 Å². The number of rotatable bonds is 6. The van der Waals surface area contributed by atoms with Gasteiger partial charge in [0.2, 0.25) is 6.29 Å². The molecular weight excluding hydrogens is 356 g/mol. The maximum Gasteiger partial charge on any atom is 0.337 e. The van der Waals surface area contributed by atoms with Crippen LogP contribution in [0.15, 0.2) is 41.7 Å². The summed E-state index contributed by atoms with van der Waals surface area (Å²) < 4.78 is 14.9. The predicted octanol–water partition coefficient (Wildman–Crippen LogP) is 1.54. The lowest BCUT2D eigenvalue weighted by atomic mass is 9.86. The number of aliphatic hydroxyl groups excluding tert-OH is 1. The zero-order valence-corrected chi connectivity index (χ0v) is 15.0. The standard InChI is InChI=1S/C19H22O8/c1-3-12-13(14(18(23)25-2)10-27-19(12)24)9-17(22)26-7-6-11-4-5-15(20)16(21)8-11/h3-5,8,10,13,19-21,24H,6-7,9H2,1-2H3/t13-,19+/m0/s1. The molecule has 3 N–H and O–H groups in total. The zero-order valence-electron chi connectivity index (χ0n) is 15.0. The average Bonchev–Trinajstić information content (AvgIpc) is 2.64. The fraction of sp³-hybridized carbons (Fsp3) is 0.368. The Labute approximate surface area is 156 Å². The summed E-state index contributed by atoms with van der Waals surface area (Å²) in [4.78, 5) is 24.1. The van der Waals surface area contributed by atoms with Crippen molar-refractivity contribution in [2.75, 3.05) is 13.7 Å². The molecule has 0 saturated heterocycles. The van der Waals surface area contributed by atoms with Crippen molar-refractivity contribution in [1.82, 2.24) is 0 Å². The van der Waals surface area contributed by atoms with E-state index in [0.717, 1.165) is 6.26 Å². The molecule has 0 saturated carbocycles. The molecule has 0 aliphatic carbocycles. The van der Waals surface area contributed by atoms with E-state index in [1.165, 1.54) is 19.2 Å². The van der Waals surface area contributed by atoms with E-state index in [-0.39, 0.29) is 30.1 Å². The number of benzene rings is 1. The summed E-state index contributed by atoms with van der Waals surface area (Å²) in [6.07, 6.45) is 1.60. The molecule has 1 heterocycles. The average molecular weight is 378 g/mol. The fourth-order valence-corrected chi connectivity index (χ4v) is 2.76. The van der Waals surface area contributed by atoms with Crippen molar-refractivity contribution in [1.29, 1.82) is 0 Å². The SMILES string of the molecule is CC=C1[C@H](CC(=O)OCCc2ccc(O)c(O)c2)C(C(=O)OC)=CO[C@H]1O. The summed E-state index contributed by atoms with van der Waals surface area (Å²) in [6.45, 7) is 1.72. The lowest BCUT2D eigenvalue weighted by Gasteiger charge is -2.28. The third kappa shape index (κ3) is 5.01. The molecule has 0 unspecified atom stereocenters. The van der Waals surface area contributed by atoms with Gasteiger partial charge in [0.05, 0.1) is 32.0 Å². The van der Waals surface area contributed by atoms with E-state index in [0.29, 0.717) is 17.6 Å². The smallest absolute Gasteiger partial charge is 0.337 e. The fourth-order valence-electron chi connectivity index (χ4n) is 2.76. The highest BCUT2D eigenvalue weighted by Crippen LogP contribution is 2.33. The molecule has 0 fully saturated rings. The molecule has 1 aromatic carbocycles. The maximum absolute atomic E-state index is 12.2. The molecule has 146 valence electrons. The number of ether oxygens (including phenoxy) is 3. The van der Waals surface area contributed by atoms with E-state index in [1.54, 1.807) is 19.1 Å². The highest BCUT2D eigenvalue weighted by atomic mass is 16.6. The summed E-state index contributed by atoms with van der Waals surface area (Å²) >= 11 is 0. The molecule has 1 aromatic rings. The Balaban J connectivity index is 1.99. The maximum atomic E-state index is 12.2. The van der Waals surface area contributed by atoms with Crippen LogP contribution < -0.4 is 0 Å². The van der Waals surface area contributed by atoms with E-state index in [4.69, 9.17) is 14.2 Å². The van der Waals surface area contributed by atoms with Gasteiger partial charge in [-0.15, -0.1) is 0 Å². The number of allylic oxidation sites excluding steroid dienone is 1. The van der Waals surface area contributed by atoms with Crippen LogP contribution in [0.25, 0.3) is 0 Å². The second-order valence-corrected chi connectivity index (χ2v) is 5.89. The highest BCUT2D eigenvalue weighted by molar-refractivity contribution is 5.90. The Bertz CT molecular complexity index is 765. The van der Waals surface area contributed by atoms with Crippen molar-refractivity contribution >= 4 is 11.9 Å². The Morgan fingerprint density at radius 1 is 1.26 bits per heavy atom. The summed E-state index contributed by atoms with van der Waals surface area (Å²) in [5.41, 5.74) is 1.18. The van der Waals surface area contributed by atoms with Gasteiger partial charge in [0.1, 0.15) is 0 Å². The van der Waals surface area contributed by atoms with Crippen molar-refractivity contribution in [3.63, 3.8) is 0 Å². The van der Waals surface area contributed by atoms with Gasteiger partial charge >= 0.3 is 11.9 Å². The summed E-state index contributed by atoms with van der Waals surface area (Å²) in [5, 5.41) is 28.7. The number of carbonyl (C=O) groups is 2. The van der Waals surface area contributed by atoms with E-state index >= 15 is 0 Å². The van der Waals surface area contributed by atoms with E-state index in [1.807, 2.05) is 0 Å². The number of aliphatic hydroxyl groups is 1. The minimum Gasteiger partial charge on any atom is -0.504 e. The number of hydrogen-bond donors (Lipinski definition) is 3. The lowest BCUT2D eigenvalue weighted by molar-refractivity contribution is -0.145. The first kappa shape index (κ1) is 20.3. The quantitative estimate of drug-likeness (QED) is 0.387. The van der Waals surface area contributed by atoms with Gasteiger partial charge in [-0.1, -0.05) is 12.1 Å². The molecule has 0 aromatic heterocycles. The number of aromatic hydroxyl groups is 2. The first-order valence-electron chi connectivity index (χ1n) is 8.31. The predicted molar refractivity (Wildman–Crippen MR) is 93.5 cm³/mol. The molecule has 0 spiro atoms. The van der Waals surface area contributed by atoms with Gasteiger partial charge in [-0.3, -0.25) is 4.79 Å². The molecule has 8 nitrogen and oxygen atoms in total. The van der Waals surface area contributed by atoms with Crippen LogP contribution in [-0.2, 0) is 30.2 Å². The third-order valence-electron chi connectivity index (χ3n) is 4.21. The van der Waals surface area contributed by atoms with Crippen molar-refractivity contribution in [3.8, 4) is 11.5 Å². The minimum absolute atomic E-state index is 0.0528. The monoisotopic (exact) mass is 378 g/mol. The van der Waals surface area contributed by atoms with E-state index in [9.17, 15) is 24.9 Å². The Hall–Kier alpha value is -3.00. The van der Waals surface area contributed by atoms with Crippen LogP contribution in [0.2, 0.25) is 0 Å². The second kappa shape index (κ2) is 9.09. The third-order valence-corrected chi connectivity index (χ3v) is 4.21. The van der Waals surface area contributed by atoms with Crippen LogP contribution in [0.3, 0.4) is 0 Å². The van der Waals surface area contributed by atoms with Crippen molar-refractivity contribution < 1.29 is 39.1 Å². The van der Waals surface area contributed by atoms with Crippen LogP contribution in [0.4, 0.5) is 0 Å². The zero-order chi connectivity index (χ0) is 20.0. The number of methoxy groups -OCH3 is 1. The summed E-state index contributed by atoms with van der Waals surface area (Å²) in [7, 11) is 1.21. The number of phenols is 2. The summed E-state index contributed by atoms with van der Waals surface area (Å²) in [5.74, 6) is -2.41. The normalized spacial score (nSPS) is 20.6. The van der Waals surface area contributed by atoms with Crippen LogP contribution in [-0.4, -0.2) is 47.3 Å².